The number of amides is 1. The van der Waals surface area contributed by atoms with E-state index in [1.165, 1.54) is 12.1 Å². The van der Waals surface area contributed by atoms with Gasteiger partial charge in [-0.05, 0) is 91.4 Å². The number of likely N-dealkylation sites (tertiary alicyclic amines) is 1. The third-order valence-corrected chi connectivity index (χ3v) is 8.03. The molecule has 1 heterocycles. The molecule has 1 aliphatic heterocycles. The molecule has 45 heavy (non-hydrogen) atoms. The number of hydrogen-bond donors (Lipinski definition) is 1. The minimum absolute atomic E-state index is 0.0681. The first-order valence-corrected chi connectivity index (χ1v) is 14.8. The van der Waals surface area contributed by atoms with Crippen molar-refractivity contribution in [3.8, 4) is 23.0 Å². The lowest BCUT2D eigenvalue weighted by Gasteiger charge is -2.36. The van der Waals surface area contributed by atoms with Crippen molar-refractivity contribution in [3.05, 3.63) is 125 Å². The van der Waals surface area contributed by atoms with Crippen LogP contribution < -0.4 is 5.32 Å². The summed E-state index contributed by atoms with van der Waals surface area (Å²) in [5.74, 6) is 5.18. The maximum absolute atomic E-state index is 13.2. The summed E-state index contributed by atoms with van der Waals surface area (Å²) in [4.78, 5) is 28.4. The summed E-state index contributed by atoms with van der Waals surface area (Å²) in [5, 5.41) is 2.92. The van der Waals surface area contributed by atoms with Crippen molar-refractivity contribution in [2.24, 2.45) is 0 Å². The van der Waals surface area contributed by atoms with Crippen LogP contribution in [0.1, 0.15) is 58.8 Å². The minimum Gasteiger partial charge on any atom is -0.451 e. The molecule has 1 N–H and O–H groups in total. The molecule has 5 rings (SSSR count). The number of alkyl halides is 3. The normalized spacial score (nSPS) is 14.6. The molecule has 4 aromatic rings. The number of halogens is 3. The van der Waals surface area contributed by atoms with E-state index in [1.807, 2.05) is 54.6 Å². The number of hydrogen-bond acceptors (Lipinski definition) is 4. The summed E-state index contributed by atoms with van der Waals surface area (Å²) >= 11 is 0. The van der Waals surface area contributed by atoms with Gasteiger partial charge in [-0.15, -0.1) is 5.92 Å². The first-order chi connectivity index (χ1) is 21.7. The van der Waals surface area contributed by atoms with E-state index < -0.39 is 17.8 Å². The Hall–Kier alpha value is -4.87. The molecule has 1 aliphatic rings. The van der Waals surface area contributed by atoms with Crippen molar-refractivity contribution in [1.82, 2.24) is 4.90 Å². The molecule has 1 saturated heterocycles. The maximum Gasteiger partial charge on any atom is 0.416 e. The molecular weight excluding hydrogens is 577 g/mol. The Kier molecular flexibility index (Phi) is 10.0. The first-order valence-electron chi connectivity index (χ1n) is 14.8. The molecule has 0 saturated carbocycles. The molecular formula is C37H33F3N2O3. The molecule has 230 valence electrons. The monoisotopic (exact) mass is 610 g/mol. The van der Waals surface area contributed by atoms with E-state index in [0.717, 1.165) is 49.2 Å². The zero-order chi connectivity index (χ0) is 31.8. The Morgan fingerprint density at radius 3 is 2.18 bits per heavy atom. The van der Waals surface area contributed by atoms with Gasteiger partial charge in [-0.3, -0.25) is 9.69 Å². The van der Waals surface area contributed by atoms with E-state index in [2.05, 4.69) is 22.1 Å². The molecule has 0 aliphatic carbocycles. The van der Waals surface area contributed by atoms with Crippen molar-refractivity contribution in [2.45, 2.75) is 37.9 Å². The maximum atomic E-state index is 13.2. The molecule has 0 bridgehead atoms. The van der Waals surface area contributed by atoms with Crippen LogP contribution in [-0.2, 0) is 15.7 Å². The molecule has 0 radical (unpaired) electrons. The van der Waals surface area contributed by atoms with Crippen LogP contribution in [0, 0.1) is 11.8 Å². The SMILES string of the molecule is CC#CCOC(=O)C(c1ccccc1)N1CCC(c2ccc(NC(=O)c3ccccc3-c3ccc(C(F)(F)F)cc3)cc2)CC1. The second-order valence-electron chi connectivity index (χ2n) is 10.9. The van der Waals surface area contributed by atoms with Crippen LogP contribution in [0.3, 0.4) is 0 Å². The molecule has 1 amide bonds. The third-order valence-electron chi connectivity index (χ3n) is 8.03. The number of nitrogens with zero attached hydrogens (tertiary/aromatic N) is 1. The highest BCUT2D eigenvalue weighted by atomic mass is 19.4. The molecule has 5 nitrogen and oxygen atoms in total. The van der Waals surface area contributed by atoms with Gasteiger partial charge < -0.3 is 10.1 Å². The molecule has 0 spiro atoms. The van der Waals surface area contributed by atoms with E-state index in [9.17, 15) is 22.8 Å². The minimum atomic E-state index is -4.43. The number of ether oxygens (including phenoxy) is 1. The second kappa shape index (κ2) is 14.3. The first kappa shape index (κ1) is 31.6. The van der Waals surface area contributed by atoms with Gasteiger partial charge in [-0.2, -0.15) is 13.2 Å². The van der Waals surface area contributed by atoms with Crippen LogP contribution in [0.4, 0.5) is 18.9 Å². The average molecular weight is 611 g/mol. The largest absolute Gasteiger partial charge is 0.451 e. The van der Waals surface area contributed by atoms with E-state index in [0.29, 0.717) is 28.3 Å². The Morgan fingerprint density at radius 1 is 0.889 bits per heavy atom. The van der Waals surface area contributed by atoms with Crippen molar-refractivity contribution in [3.63, 3.8) is 0 Å². The number of carbonyl (C=O) groups excluding carboxylic acids is 2. The lowest BCUT2D eigenvalue weighted by molar-refractivity contribution is -0.149. The van der Waals surface area contributed by atoms with Crippen LogP contribution in [0.2, 0.25) is 0 Å². The van der Waals surface area contributed by atoms with E-state index >= 15 is 0 Å². The molecule has 4 aromatic carbocycles. The van der Waals surface area contributed by atoms with Crippen molar-refractivity contribution in [2.75, 3.05) is 25.0 Å². The Balaban J connectivity index is 1.22. The highest BCUT2D eigenvalue weighted by Gasteiger charge is 2.33. The fraction of sp³-hybridized carbons (Fsp3) is 0.243. The number of esters is 1. The van der Waals surface area contributed by atoms with Gasteiger partial charge in [0.1, 0.15) is 6.04 Å². The van der Waals surface area contributed by atoms with Crippen LogP contribution in [0.15, 0.2) is 103 Å². The van der Waals surface area contributed by atoms with E-state index in [-0.39, 0.29) is 18.5 Å². The number of carbonyl (C=O) groups is 2. The highest BCUT2D eigenvalue weighted by Crippen LogP contribution is 2.34. The summed E-state index contributed by atoms with van der Waals surface area (Å²) < 4.78 is 44.5. The molecule has 1 fully saturated rings. The van der Waals surface area contributed by atoms with Gasteiger partial charge in [0.05, 0.1) is 5.56 Å². The summed E-state index contributed by atoms with van der Waals surface area (Å²) in [7, 11) is 0. The van der Waals surface area contributed by atoms with Crippen molar-refractivity contribution < 1.29 is 27.5 Å². The Bertz CT molecular complexity index is 1670. The number of rotatable bonds is 8. The fourth-order valence-electron chi connectivity index (χ4n) is 5.69. The van der Waals surface area contributed by atoms with Gasteiger partial charge in [0, 0.05) is 11.3 Å². The Labute approximate surface area is 261 Å². The standard InChI is InChI=1S/C37H33F3N2O3/c1-2-3-25-45-36(44)34(29-9-5-4-6-10-29)42-23-21-27(22-24-42)26-15-19-31(20-16-26)41-35(43)33-12-8-7-11-32(33)28-13-17-30(18-14-28)37(38,39)40/h4-20,27,34H,21-25H2,1H3,(H,41,43). The second-order valence-corrected chi connectivity index (χ2v) is 10.9. The predicted molar refractivity (Wildman–Crippen MR) is 168 cm³/mol. The average Bonchev–Trinajstić information content (AvgIpc) is 3.06. The topological polar surface area (TPSA) is 58.6 Å². The zero-order valence-electron chi connectivity index (χ0n) is 24.8. The van der Waals surface area contributed by atoms with Crippen LogP contribution in [0.25, 0.3) is 11.1 Å². The lowest BCUT2D eigenvalue weighted by atomic mass is 9.88. The molecule has 1 atom stereocenters. The highest BCUT2D eigenvalue weighted by molar-refractivity contribution is 6.08. The third kappa shape index (κ3) is 7.81. The quantitative estimate of drug-likeness (QED) is 0.162. The summed E-state index contributed by atoms with van der Waals surface area (Å²) in [5.41, 5.74) is 3.35. The van der Waals surface area contributed by atoms with Gasteiger partial charge in [-0.25, -0.2) is 4.79 Å². The smallest absolute Gasteiger partial charge is 0.416 e. The van der Waals surface area contributed by atoms with Gasteiger partial charge in [0.2, 0.25) is 0 Å². The van der Waals surface area contributed by atoms with Crippen molar-refractivity contribution in [1.29, 1.82) is 0 Å². The van der Waals surface area contributed by atoms with Gasteiger partial charge >= 0.3 is 12.1 Å². The van der Waals surface area contributed by atoms with Gasteiger partial charge in [0.15, 0.2) is 6.61 Å². The summed E-state index contributed by atoms with van der Waals surface area (Å²) in [6.45, 7) is 3.22. The van der Waals surface area contributed by atoms with Crippen molar-refractivity contribution >= 4 is 17.6 Å². The van der Waals surface area contributed by atoms with E-state index in [4.69, 9.17) is 4.74 Å². The predicted octanol–water partition coefficient (Wildman–Crippen LogP) is 8.11. The summed E-state index contributed by atoms with van der Waals surface area (Å²) in [6.07, 6.45) is -2.71. The summed E-state index contributed by atoms with van der Waals surface area (Å²) in [6, 6.07) is 28.5. The van der Waals surface area contributed by atoms with Gasteiger partial charge in [0.25, 0.3) is 5.91 Å². The number of nitrogens with one attached hydrogen (secondary N) is 1. The van der Waals surface area contributed by atoms with Crippen LogP contribution >= 0.6 is 0 Å². The number of piperidine rings is 1. The van der Waals surface area contributed by atoms with Gasteiger partial charge in [-0.1, -0.05) is 78.7 Å². The lowest BCUT2D eigenvalue weighted by Crippen LogP contribution is -2.40. The zero-order valence-corrected chi connectivity index (χ0v) is 24.8. The Morgan fingerprint density at radius 2 is 1.53 bits per heavy atom. The fourth-order valence-corrected chi connectivity index (χ4v) is 5.69. The number of benzene rings is 4. The molecule has 8 heteroatoms. The molecule has 0 aromatic heterocycles. The molecule has 1 unspecified atom stereocenters. The van der Waals surface area contributed by atoms with Crippen LogP contribution in [-0.4, -0.2) is 36.5 Å². The van der Waals surface area contributed by atoms with Crippen LogP contribution in [0.5, 0.6) is 0 Å². The number of anilines is 1. The van der Waals surface area contributed by atoms with E-state index in [1.54, 1.807) is 31.2 Å².